The van der Waals surface area contributed by atoms with Crippen molar-refractivity contribution in [2.45, 2.75) is 6.04 Å². The highest BCUT2D eigenvalue weighted by molar-refractivity contribution is 9.10. The molecule has 4 heteroatoms. The summed E-state index contributed by atoms with van der Waals surface area (Å²) in [6, 6.07) is 18.6. The van der Waals surface area contributed by atoms with Crippen LogP contribution in [0.25, 0.3) is 5.70 Å². The monoisotopic (exact) mass is 344 g/mol. The third kappa shape index (κ3) is 2.92. The molecule has 20 heavy (non-hydrogen) atoms. The highest BCUT2D eigenvalue weighted by atomic mass is 79.9. The van der Waals surface area contributed by atoms with Crippen LogP contribution in [-0.2, 0) is 0 Å². The molecular weight excluding hydrogens is 332 g/mol. The second kappa shape index (κ2) is 5.77. The van der Waals surface area contributed by atoms with Crippen molar-refractivity contribution in [1.29, 1.82) is 0 Å². The summed E-state index contributed by atoms with van der Waals surface area (Å²) >= 11 is 8.77. The zero-order valence-electron chi connectivity index (χ0n) is 10.6. The predicted octanol–water partition coefficient (Wildman–Crippen LogP) is 4.01. The van der Waals surface area contributed by atoms with Crippen LogP contribution in [0.1, 0.15) is 17.2 Å². The number of rotatable bonds is 2. The minimum atomic E-state index is 0.101. The van der Waals surface area contributed by atoms with Crippen molar-refractivity contribution in [3.8, 4) is 0 Å². The SMILES string of the molecule is S=C1NC(c2ccc(Br)cc2)=CC(c2ccccc2)N1. The first kappa shape index (κ1) is 13.3. The van der Waals surface area contributed by atoms with Crippen LogP contribution >= 0.6 is 28.1 Å². The minimum absolute atomic E-state index is 0.101. The normalized spacial score (nSPS) is 17.9. The minimum Gasteiger partial charge on any atom is -0.352 e. The lowest BCUT2D eigenvalue weighted by Gasteiger charge is -2.26. The van der Waals surface area contributed by atoms with E-state index in [4.69, 9.17) is 12.2 Å². The molecule has 0 radical (unpaired) electrons. The molecule has 1 unspecified atom stereocenters. The summed E-state index contributed by atoms with van der Waals surface area (Å²) in [5.74, 6) is 0. The Balaban J connectivity index is 1.96. The molecular formula is C16H13BrN2S. The van der Waals surface area contributed by atoms with Gasteiger partial charge in [-0.15, -0.1) is 0 Å². The van der Waals surface area contributed by atoms with E-state index in [2.05, 4.69) is 56.9 Å². The molecule has 2 N–H and O–H groups in total. The van der Waals surface area contributed by atoms with Crippen LogP contribution in [-0.4, -0.2) is 5.11 Å². The number of hydrogen-bond acceptors (Lipinski definition) is 1. The fraction of sp³-hybridized carbons (Fsp3) is 0.0625. The molecule has 0 spiro atoms. The first-order valence-electron chi connectivity index (χ1n) is 6.32. The van der Waals surface area contributed by atoms with Crippen LogP contribution in [0.5, 0.6) is 0 Å². The van der Waals surface area contributed by atoms with E-state index in [9.17, 15) is 0 Å². The van der Waals surface area contributed by atoms with Crippen LogP contribution in [0.2, 0.25) is 0 Å². The van der Waals surface area contributed by atoms with E-state index in [0.717, 1.165) is 15.7 Å². The molecule has 0 bridgehead atoms. The van der Waals surface area contributed by atoms with Gasteiger partial charge in [0.2, 0.25) is 0 Å². The van der Waals surface area contributed by atoms with E-state index >= 15 is 0 Å². The Labute approximate surface area is 132 Å². The Kier molecular flexibility index (Phi) is 3.85. The van der Waals surface area contributed by atoms with Gasteiger partial charge in [0.25, 0.3) is 0 Å². The molecule has 0 amide bonds. The lowest BCUT2D eigenvalue weighted by molar-refractivity contribution is 0.765. The maximum Gasteiger partial charge on any atom is 0.171 e. The van der Waals surface area contributed by atoms with Crippen molar-refractivity contribution < 1.29 is 0 Å². The van der Waals surface area contributed by atoms with Crippen LogP contribution in [0, 0.1) is 0 Å². The van der Waals surface area contributed by atoms with E-state index < -0.39 is 0 Å². The summed E-state index contributed by atoms with van der Waals surface area (Å²) < 4.78 is 1.07. The van der Waals surface area contributed by atoms with Crippen molar-refractivity contribution in [1.82, 2.24) is 10.6 Å². The summed E-state index contributed by atoms with van der Waals surface area (Å²) in [7, 11) is 0. The Morgan fingerprint density at radius 3 is 2.35 bits per heavy atom. The van der Waals surface area contributed by atoms with Gasteiger partial charge < -0.3 is 10.6 Å². The molecule has 1 heterocycles. The van der Waals surface area contributed by atoms with Crippen LogP contribution in [0.3, 0.4) is 0 Å². The molecule has 100 valence electrons. The zero-order chi connectivity index (χ0) is 13.9. The van der Waals surface area contributed by atoms with Gasteiger partial charge in [-0.3, -0.25) is 0 Å². The van der Waals surface area contributed by atoms with Crippen molar-refractivity contribution in [3.63, 3.8) is 0 Å². The quantitative estimate of drug-likeness (QED) is 0.805. The van der Waals surface area contributed by atoms with Gasteiger partial charge in [0.15, 0.2) is 5.11 Å². The summed E-state index contributed by atoms with van der Waals surface area (Å²) in [6.07, 6.45) is 2.16. The Morgan fingerprint density at radius 2 is 1.65 bits per heavy atom. The van der Waals surface area contributed by atoms with E-state index in [-0.39, 0.29) is 6.04 Å². The highest BCUT2D eigenvalue weighted by Crippen LogP contribution is 2.24. The number of benzene rings is 2. The van der Waals surface area contributed by atoms with E-state index in [1.165, 1.54) is 5.56 Å². The number of nitrogens with one attached hydrogen (secondary N) is 2. The zero-order valence-corrected chi connectivity index (χ0v) is 13.0. The summed E-state index contributed by atoms with van der Waals surface area (Å²) in [5, 5.41) is 7.15. The molecule has 0 saturated heterocycles. The molecule has 1 atom stereocenters. The molecule has 3 rings (SSSR count). The van der Waals surface area contributed by atoms with Gasteiger partial charge in [0.1, 0.15) is 0 Å². The van der Waals surface area contributed by atoms with Crippen molar-refractivity contribution in [2.75, 3.05) is 0 Å². The predicted molar refractivity (Wildman–Crippen MR) is 90.2 cm³/mol. The lowest BCUT2D eigenvalue weighted by atomic mass is 10.0. The van der Waals surface area contributed by atoms with Gasteiger partial charge in [-0.05, 0) is 41.6 Å². The number of hydrogen-bond donors (Lipinski definition) is 2. The topological polar surface area (TPSA) is 24.1 Å². The van der Waals surface area contributed by atoms with E-state index in [1.54, 1.807) is 0 Å². The second-order valence-corrected chi connectivity index (χ2v) is 5.90. The third-order valence-corrected chi connectivity index (χ3v) is 3.93. The van der Waals surface area contributed by atoms with Gasteiger partial charge in [-0.2, -0.15) is 0 Å². The first-order valence-corrected chi connectivity index (χ1v) is 7.53. The number of thiocarbonyl (C=S) groups is 1. The maximum atomic E-state index is 5.31. The lowest BCUT2D eigenvalue weighted by Crippen LogP contribution is -2.40. The van der Waals surface area contributed by atoms with Crippen LogP contribution in [0.15, 0.2) is 65.1 Å². The van der Waals surface area contributed by atoms with Gasteiger partial charge in [-0.1, -0.05) is 58.4 Å². The van der Waals surface area contributed by atoms with Gasteiger partial charge in [0.05, 0.1) is 6.04 Å². The fourth-order valence-corrected chi connectivity index (χ4v) is 2.69. The summed E-state index contributed by atoms with van der Waals surface area (Å²) in [4.78, 5) is 0. The van der Waals surface area contributed by atoms with E-state index in [1.807, 2.05) is 30.3 Å². The van der Waals surface area contributed by atoms with Crippen LogP contribution in [0.4, 0.5) is 0 Å². The Hall–Kier alpha value is -1.65. The molecule has 2 aromatic carbocycles. The average molecular weight is 345 g/mol. The molecule has 0 aromatic heterocycles. The molecule has 2 aromatic rings. The summed E-state index contributed by atoms with van der Waals surface area (Å²) in [6.45, 7) is 0. The van der Waals surface area contributed by atoms with E-state index in [0.29, 0.717) is 5.11 Å². The summed E-state index contributed by atoms with van der Waals surface area (Å²) in [5.41, 5.74) is 3.36. The van der Waals surface area contributed by atoms with Gasteiger partial charge in [0, 0.05) is 10.2 Å². The molecule has 0 aliphatic carbocycles. The third-order valence-electron chi connectivity index (χ3n) is 3.18. The van der Waals surface area contributed by atoms with Crippen LogP contribution < -0.4 is 10.6 Å². The molecule has 2 nitrogen and oxygen atoms in total. The fourth-order valence-electron chi connectivity index (χ4n) is 2.19. The standard InChI is InChI=1S/C16H13BrN2S/c17-13-8-6-12(7-9-13)15-10-14(18-16(20)19-15)11-4-2-1-3-5-11/h1-10,14H,(H2,18,19,20). The molecule has 0 fully saturated rings. The Bertz CT molecular complexity index is 650. The number of halogens is 1. The van der Waals surface area contributed by atoms with Gasteiger partial charge >= 0.3 is 0 Å². The Morgan fingerprint density at radius 1 is 0.950 bits per heavy atom. The molecule has 1 aliphatic heterocycles. The van der Waals surface area contributed by atoms with Crippen molar-refractivity contribution >= 4 is 39.0 Å². The molecule has 0 saturated carbocycles. The highest BCUT2D eigenvalue weighted by Gasteiger charge is 2.17. The van der Waals surface area contributed by atoms with Crippen molar-refractivity contribution in [2.24, 2.45) is 0 Å². The average Bonchev–Trinajstić information content (AvgIpc) is 2.48. The van der Waals surface area contributed by atoms with Crippen molar-refractivity contribution in [3.05, 3.63) is 76.3 Å². The maximum absolute atomic E-state index is 5.31. The first-order chi connectivity index (χ1) is 9.72. The molecule has 1 aliphatic rings. The van der Waals surface area contributed by atoms with Gasteiger partial charge in [-0.25, -0.2) is 0 Å². The second-order valence-electron chi connectivity index (χ2n) is 4.57. The largest absolute Gasteiger partial charge is 0.352 e. The smallest absolute Gasteiger partial charge is 0.171 e.